The fourth-order valence-electron chi connectivity index (χ4n) is 2.86. The first-order valence-corrected chi connectivity index (χ1v) is 8.70. The van der Waals surface area contributed by atoms with Gasteiger partial charge in [-0.1, -0.05) is 35.0 Å². The Labute approximate surface area is 161 Å². The summed E-state index contributed by atoms with van der Waals surface area (Å²) in [5, 5.41) is 4.84. The highest BCUT2D eigenvalue weighted by Crippen LogP contribution is 2.34. The molecule has 0 radical (unpaired) electrons. The number of hydrogen-bond acceptors (Lipinski definition) is 7. The Hall–Kier alpha value is -3.61. The van der Waals surface area contributed by atoms with Gasteiger partial charge in [0, 0.05) is 17.7 Å². The highest BCUT2D eigenvalue weighted by molar-refractivity contribution is 5.86. The van der Waals surface area contributed by atoms with Crippen LogP contribution >= 0.6 is 0 Å². The summed E-state index contributed by atoms with van der Waals surface area (Å²) in [6.45, 7) is 2.24. The van der Waals surface area contributed by atoms with Crippen molar-refractivity contribution in [2.24, 2.45) is 0 Å². The first-order valence-electron chi connectivity index (χ1n) is 8.70. The molecule has 0 saturated heterocycles. The van der Waals surface area contributed by atoms with Gasteiger partial charge in [0.2, 0.25) is 5.88 Å². The lowest BCUT2D eigenvalue weighted by Gasteiger charge is -2.10. The normalized spacial score (nSPS) is 10.8. The highest BCUT2D eigenvalue weighted by atomic mass is 16.5. The summed E-state index contributed by atoms with van der Waals surface area (Å²) >= 11 is 0. The minimum atomic E-state index is 0.194. The molecule has 7 nitrogen and oxygen atoms in total. The van der Waals surface area contributed by atoms with Gasteiger partial charge >= 0.3 is 0 Å². The third-order valence-electron chi connectivity index (χ3n) is 4.36. The number of aromatic nitrogens is 3. The van der Waals surface area contributed by atoms with E-state index in [1.807, 2.05) is 37.3 Å². The van der Waals surface area contributed by atoms with Gasteiger partial charge in [-0.05, 0) is 13.0 Å². The van der Waals surface area contributed by atoms with Crippen LogP contribution in [0.25, 0.3) is 22.2 Å². The number of ether oxygens (including phenoxy) is 3. The Kier molecular flexibility index (Phi) is 4.80. The van der Waals surface area contributed by atoms with Gasteiger partial charge in [0.1, 0.15) is 12.0 Å². The van der Waals surface area contributed by atoms with E-state index in [0.717, 1.165) is 16.6 Å². The van der Waals surface area contributed by atoms with E-state index in [0.29, 0.717) is 28.7 Å². The smallest absolute Gasteiger partial charge is 0.225 e. The molecule has 4 aromatic rings. The zero-order valence-electron chi connectivity index (χ0n) is 15.8. The third-order valence-corrected chi connectivity index (χ3v) is 4.36. The van der Waals surface area contributed by atoms with Crippen LogP contribution in [0.4, 0.5) is 0 Å². The molecule has 0 aliphatic heterocycles. The van der Waals surface area contributed by atoms with Gasteiger partial charge in [0.15, 0.2) is 23.9 Å². The molecule has 0 atom stereocenters. The highest BCUT2D eigenvalue weighted by Gasteiger charge is 2.13. The Balaban J connectivity index is 1.57. The molecule has 0 fully saturated rings. The van der Waals surface area contributed by atoms with Crippen LogP contribution in [-0.2, 0) is 6.61 Å². The summed E-state index contributed by atoms with van der Waals surface area (Å²) in [4.78, 5) is 8.51. The first-order chi connectivity index (χ1) is 13.7. The van der Waals surface area contributed by atoms with Crippen molar-refractivity contribution in [1.82, 2.24) is 15.1 Å². The Morgan fingerprint density at radius 3 is 2.43 bits per heavy atom. The second-order valence-corrected chi connectivity index (χ2v) is 6.24. The number of fused-ring (bicyclic) bond motifs is 1. The number of nitrogens with zero attached hydrogens (tertiary/aromatic N) is 3. The van der Waals surface area contributed by atoms with Crippen LogP contribution < -0.4 is 14.2 Å². The summed E-state index contributed by atoms with van der Waals surface area (Å²) in [7, 11) is 3.16. The van der Waals surface area contributed by atoms with Gasteiger partial charge in [-0.25, -0.2) is 9.97 Å². The van der Waals surface area contributed by atoms with Crippen molar-refractivity contribution in [3.63, 3.8) is 0 Å². The van der Waals surface area contributed by atoms with Crippen molar-refractivity contribution in [3.8, 4) is 28.6 Å². The van der Waals surface area contributed by atoms with Crippen LogP contribution in [0.5, 0.6) is 17.4 Å². The minimum absolute atomic E-state index is 0.194. The van der Waals surface area contributed by atoms with Gasteiger partial charge in [-0.2, -0.15) is 0 Å². The summed E-state index contributed by atoms with van der Waals surface area (Å²) in [5.74, 6) is 2.20. The Morgan fingerprint density at radius 2 is 1.68 bits per heavy atom. The molecule has 4 rings (SSSR count). The van der Waals surface area contributed by atoms with Crippen LogP contribution in [0.2, 0.25) is 0 Å². The number of methoxy groups -OCH3 is 2. The molecule has 2 aromatic heterocycles. The van der Waals surface area contributed by atoms with Crippen molar-refractivity contribution < 1.29 is 18.7 Å². The summed E-state index contributed by atoms with van der Waals surface area (Å²) in [6.07, 6.45) is 1.45. The van der Waals surface area contributed by atoms with E-state index in [-0.39, 0.29) is 6.61 Å². The molecule has 0 aliphatic carbocycles. The van der Waals surface area contributed by atoms with Crippen LogP contribution in [-0.4, -0.2) is 29.3 Å². The predicted molar refractivity (Wildman–Crippen MR) is 104 cm³/mol. The van der Waals surface area contributed by atoms with Crippen LogP contribution in [0.1, 0.15) is 11.3 Å². The average molecular weight is 377 g/mol. The zero-order chi connectivity index (χ0) is 19.5. The van der Waals surface area contributed by atoms with Crippen LogP contribution in [0.3, 0.4) is 0 Å². The van der Waals surface area contributed by atoms with E-state index in [1.165, 1.54) is 11.9 Å². The summed E-state index contributed by atoms with van der Waals surface area (Å²) < 4.78 is 21.9. The van der Waals surface area contributed by atoms with E-state index in [1.54, 1.807) is 26.4 Å². The summed E-state index contributed by atoms with van der Waals surface area (Å²) in [5.41, 5.74) is 3.64. The van der Waals surface area contributed by atoms with Crippen molar-refractivity contribution in [2.75, 3.05) is 14.2 Å². The maximum atomic E-state index is 5.87. The molecule has 2 aromatic carbocycles. The maximum absolute atomic E-state index is 5.87. The largest absolute Gasteiger partial charge is 0.493 e. The second-order valence-electron chi connectivity index (χ2n) is 6.24. The zero-order valence-corrected chi connectivity index (χ0v) is 15.8. The monoisotopic (exact) mass is 377 g/mol. The molecular weight excluding hydrogens is 358 g/mol. The molecule has 0 spiro atoms. The average Bonchev–Trinajstić information content (AvgIpc) is 3.20. The Morgan fingerprint density at radius 1 is 0.929 bits per heavy atom. The second kappa shape index (κ2) is 7.56. The summed E-state index contributed by atoms with van der Waals surface area (Å²) in [6, 6.07) is 13.5. The van der Waals surface area contributed by atoms with E-state index < -0.39 is 0 Å². The van der Waals surface area contributed by atoms with Crippen molar-refractivity contribution in [2.45, 2.75) is 13.5 Å². The number of hydrogen-bond donors (Lipinski definition) is 0. The van der Waals surface area contributed by atoms with Crippen molar-refractivity contribution in [1.29, 1.82) is 0 Å². The van der Waals surface area contributed by atoms with Gasteiger partial charge in [0.05, 0.1) is 25.1 Å². The molecule has 0 bridgehead atoms. The number of benzene rings is 2. The fourth-order valence-corrected chi connectivity index (χ4v) is 2.86. The van der Waals surface area contributed by atoms with Gasteiger partial charge < -0.3 is 18.7 Å². The SMILES string of the molecule is COc1cc2ncnc(OCc3cc(-c4ccc(C)cc4)no3)c2cc1OC. The van der Waals surface area contributed by atoms with E-state index in [9.17, 15) is 0 Å². The maximum Gasteiger partial charge on any atom is 0.225 e. The number of rotatable bonds is 6. The van der Waals surface area contributed by atoms with E-state index in [4.69, 9.17) is 18.7 Å². The lowest BCUT2D eigenvalue weighted by molar-refractivity contribution is 0.244. The molecule has 0 amide bonds. The third kappa shape index (κ3) is 3.46. The Bertz CT molecular complexity index is 1110. The lowest BCUT2D eigenvalue weighted by Crippen LogP contribution is -1.99. The molecule has 0 N–H and O–H groups in total. The van der Waals surface area contributed by atoms with Crippen molar-refractivity contribution in [3.05, 3.63) is 60.1 Å². The van der Waals surface area contributed by atoms with Gasteiger partial charge in [-0.15, -0.1) is 0 Å². The molecule has 2 heterocycles. The van der Waals surface area contributed by atoms with Crippen molar-refractivity contribution >= 4 is 10.9 Å². The molecule has 0 aliphatic rings. The molecule has 0 unspecified atom stereocenters. The molecule has 0 saturated carbocycles. The quantitative estimate of drug-likeness (QED) is 0.498. The molecule has 7 heteroatoms. The van der Waals surface area contributed by atoms with E-state index >= 15 is 0 Å². The standard InChI is InChI=1S/C21H19N3O4/c1-13-4-6-14(7-5-13)17-8-15(28-24-17)11-27-21-16-9-19(25-2)20(26-3)10-18(16)22-12-23-21/h4-10,12H,11H2,1-3H3. The molecular formula is C21H19N3O4. The van der Waals surface area contributed by atoms with Gasteiger partial charge in [0.25, 0.3) is 0 Å². The molecule has 28 heavy (non-hydrogen) atoms. The van der Waals surface area contributed by atoms with E-state index in [2.05, 4.69) is 15.1 Å². The van der Waals surface area contributed by atoms with Gasteiger partial charge in [-0.3, -0.25) is 0 Å². The van der Waals surface area contributed by atoms with Crippen LogP contribution in [0, 0.1) is 6.92 Å². The predicted octanol–water partition coefficient (Wildman–Crippen LogP) is 4.19. The fraction of sp³-hybridized carbons (Fsp3) is 0.190. The molecule has 142 valence electrons. The lowest BCUT2D eigenvalue weighted by atomic mass is 10.1. The van der Waals surface area contributed by atoms with Crippen LogP contribution in [0.15, 0.2) is 53.3 Å². The topological polar surface area (TPSA) is 79.5 Å². The minimum Gasteiger partial charge on any atom is -0.493 e. The first kappa shape index (κ1) is 17.8. The number of aryl methyl sites for hydroxylation is 1.